The molecule has 3 aromatic carbocycles. The molecule has 1 aromatic heterocycles. The SMILES string of the molecule is C1=NCC(c2ccc3c(c2)c2cc(C4=CNCS4)ccc2n3-c2ccccc2)S1. The van der Waals surface area contributed by atoms with Crippen molar-refractivity contribution in [2.45, 2.75) is 5.25 Å². The van der Waals surface area contributed by atoms with Crippen LogP contribution in [0.2, 0.25) is 0 Å². The second-order valence-corrected chi connectivity index (χ2v) is 9.35. The van der Waals surface area contributed by atoms with Crippen molar-refractivity contribution in [1.82, 2.24) is 9.88 Å². The van der Waals surface area contributed by atoms with E-state index >= 15 is 0 Å². The normalized spacial score (nSPS) is 18.5. The molecule has 0 spiro atoms. The molecule has 1 N–H and O–H groups in total. The van der Waals surface area contributed by atoms with Gasteiger partial charge in [0.05, 0.1) is 34.3 Å². The van der Waals surface area contributed by atoms with E-state index in [4.69, 9.17) is 0 Å². The van der Waals surface area contributed by atoms with Crippen molar-refractivity contribution < 1.29 is 0 Å². The number of nitrogens with one attached hydrogen (secondary N) is 1. The van der Waals surface area contributed by atoms with Crippen LogP contribution in [0.5, 0.6) is 0 Å². The Kier molecular flexibility index (Phi) is 4.17. The molecule has 5 heteroatoms. The van der Waals surface area contributed by atoms with Gasteiger partial charge in [0.1, 0.15) is 0 Å². The molecule has 29 heavy (non-hydrogen) atoms. The van der Waals surface area contributed by atoms with Crippen LogP contribution in [0.4, 0.5) is 0 Å². The highest BCUT2D eigenvalue weighted by Gasteiger charge is 2.19. The quantitative estimate of drug-likeness (QED) is 0.434. The number of para-hydroxylation sites is 1. The Bertz CT molecular complexity index is 1280. The molecule has 0 aliphatic carbocycles. The van der Waals surface area contributed by atoms with Crippen molar-refractivity contribution in [3.63, 3.8) is 0 Å². The Hall–Kier alpha value is -2.63. The van der Waals surface area contributed by atoms with E-state index < -0.39 is 0 Å². The highest BCUT2D eigenvalue weighted by molar-refractivity contribution is 8.12. The molecular formula is C24H19N3S2. The molecule has 3 heterocycles. The average molecular weight is 414 g/mol. The van der Waals surface area contributed by atoms with E-state index in [-0.39, 0.29) is 0 Å². The third-order valence-electron chi connectivity index (χ3n) is 5.57. The number of hydrogen-bond donors (Lipinski definition) is 1. The maximum atomic E-state index is 4.42. The van der Waals surface area contributed by atoms with Gasteiger partial charge in [-0.25, -0.2) is 0 Å². The number of aliphatic imine (C=N–C) groups is 1. The van der Waals surface area contributed by atoms with Crippen LogP contribution in [-0.2, 0) is 0 Å². The fourth-order valence-corrected chi connectivity index (χ4v) is 5.77. The van der Waals surface area contributed by atoms with E-state index in [1.807, 2.05) is 29.1 Å². The highest BCUT2D eigenvalue weighted by atomic mass is 32.2. The summed E-state index contributed by atoms with van der Waals surface area (Å²) in [6.45, 7) is 0.869. The summed E-state index contributed by atoms with van der Waals surface area (Å²) >= 11 is 3.68. The number of rotatable bonds is 3. The number of nitrogens with zero attached hydrogens (tertiary/aromatic N) is 2. The van der Waals surface area contributed by atoms with E-state index in [1.165, 1.54) is 43.5 Å². The molecule has 0 amide bonds. The highest BCUT2D eigenvalue weighted by Crippen LogP contribution is 2.39. The standard InChI is InChI=1S/C24H19N3S2/c1-2-4-18(5-3-1)27-21-8-6-16(23-12-25-14-28-23)10-19(21)20-11-17(7-9-22(20)27)24-13-26-15-29-24/h1-12,15,24-25H,13-14H2. The van der Waals surface area contributed by atoms with Crippen LogP contribution < -0.4 is 5.32 Å². The van der Waals surface area contributed by atoms with Gasteiger partial charge < -0.3 is 9.88 Å². The van der Waals surface area contributed by atoms with E-state index in [1.54, 1.807) is 0 Å². The number of aromatic nitrogens is 1. The summed E-state index contributed by atoms with van der Waals surface area (Å²) in [6, 6.07) is 24.4. The minimum absolute atomic E-state index is 0.426. The van der Waals surface area contributed by atoms with Gasteiger partial charge in [-0.3, -0.25) is 4.99 Å². The lowest BCUT2D eigenvalue weighted by Gasteiger charge is -2.10. The van der Waals surface area contributed by atoms with Crippen LogP contribution in [0.1, 0.15) is 16.4 Å². The molecule has 4 aromatic rings. The van der Waals surface area contributed by atoms with Crippen LogP contribution in [0, 0.1) is 0 Å². The Morgan fingerprint density at radius 1 is 0.931 bits per heavy atom. The van der Waals surface area contributed by atoms with Gasteiger partial charge in [0.25, 0.3) is 0 Å². The van der Waals surface area contributed by atoms with Crippen LogP contribution in [0.25, 0.3) is 32.4 Å². The molecule has 0 radical (unpaired) electrons. The largest absolute Gasteiger partial charge is 0.381 e. The first-order valence-electron chi connectivity index (χ1n) is 9.72. The summed E-state index contributed by atoms with van der Waals surface area (Å²) in [5.74, 6) is 0.947. The monoisotopic (exact) mass is 413 g/mol. The topological polar surface area (TPSA) is 29.3 Å². The zero-order valence-corrected chi connectivity index (χ0v) is 17.3. The van der Waals surface area contributed by atoms with Gasteiger partial charge in [0, 0.05) is 27.6 Å². The van der Waals surface area contributed by atoms with Gasteiger partial charge in [-0.1, -0.05) is 30.3 Å². The van der Waals surface area contributed by atoms with Crippen molar-refractivity contribution in [1.29, 1.82) is 0 Å². The Balaban J connectivity index is 1.63. The fraction of sp³-hybridized carbons (Fsp3) is 0.125. The van der Waals surface area contributed by atoms with E-state index in [2.05, 4.69) is 87.8 Å². The number of thioether (sulfide) groups is 2. The molecule has 1 unspecified atom stereocenters. The molecular weight excluding hydrogens is 394 g/mol. The fourth-order valence-electron chi connectivity index (χ4n) is 4.19. The summed E-state index contributed by atoms with van der Waals surface area (Å²) in [5.41, 5.74) is 8.32. The zero-order valence-electron chi connectivity index (χ0n) is 15.7. The van der Waals surface area contributed by atoms with E-state index in [9.17, 15) is 0 Å². The smallest absolute Gasteiger partial charge is 0.0652 e. The lowest BCUT2D eigenvalue weighted by molar-refractivity contribution is 0.970. The van der Waals surface area contributed by atoms with Gasteiger partial charge in [-0.15, -0.1) is 23.5 Å². The predicted molar refractivity (Wildman–Crippen MR) is 128 cm³/mol. The van der Waals surface area contributed by atoms with Crippen molar-refractivity contribution in [3.05, 3.63) is 84.1 Å². The Labute approximate surface area is 177 Å². The Morgan fingerprint density at radius 2 is 1.76 bits per heavy atom. The molecule has 1 atom stereocenters. The van der Waals surface area contributed by atoms with Crippen molar-refractivity contribution in [3.8, 4) is 5.69 Å². The summed E-state index contributed by atoms with van der Waals surface area (Å²) < 4.78 is 2.38. The van der Waals surface area contributed by atoms with Crippen LogP contribution in [0.3, 0.4) is 0 Å². The molecule has 2 aliphatic heterocycles. The minimum Gasteiger partial charge on any atom is -0.381 e. The minimum atomic E-state index is 0.426. The molecule has 6 rings (SSSR count). The van der Waals surface area contributed by atoms with Crippen LogP contribution in [0.15, 0.2) is 77.9 Å². The van der Waals surface area contributed by atoms with Gasteiger partial charge in [0.15, 0.2) is 0 Å². The molecule has 3 nitrogen and oxygen atoms in total. The third-order valence-corrected chi connectivity index (χ3v) is 7.57. The van der Waals surface area contributed by atoms with Crippen molar-refractivity contribution >= 4 is 55.8 Å². The summed E-state index contributed by atoms with van der Waals surface area (Å²) in [5, 5.41) is 6.36. The molecule has 2 aliphatic rings. The van der Waals surface area contributed by atoms with Crippen LogP contribution >= 0.6 is 23.5 Å². The lowest BCUT2D eigenvalue weighted by Crippen LogP contribution is -1.95. The molecule has 142 valence electrons. The maximum absolute atomic E-state index is 4.42. The van der Waals surface area contributed by atoms with Crippen molar-refractivity contribution in [2.75, 3.05) is 12.4 Å². The maximum Gasteiger partial charge on any atom is 0.0652 e. The second-order valence-electron chi connectivity index (χ2n) is 7.28. The van der Waals surface area contributed by atoms with Gasteiger partial charge in [0.2, 0.25) is 0 Å². The number of fused-ring (bicyclic) bond motifs is 3. The second kappa shape index (κ2) is 7.01. The van der Waals surface area contributed by atoms with E-state index in [0.29, 0.717) is 5.25 Å². The first-order chi connectivity index (χ1) is 14.4. The number of hydrogen-bond acceptors (Lipinski definition) is 4. The molecule has 0 fully saturated rings. The molecule has 0 saturated carbocycles. The first-order valence-corrected chi connectivity index (χ1v) is 11.7. The third kappa shape index (κ3) is 2.88. The average Bonchev–Trinajstić information content (AvgIpc) is 3.53. The Morgan fingerprint density at radius 3 is 2.52 bits per heavy atom. The van der Waals surface area contributed by atoms with Gasteiger partial charge in [-0.05, 0) is 47.5 Å². The first kappa shape index (κ1) is 17.2. The van der Waals surface area contributed by atoms with Gasteiger partial charge in [-0.2, -0.15) is 0 Å². The molecule has 0 saturated heterocycles. The van der Waals surface area contributed by atoms with Crippen molar-refractivity contribution in [2.24, 2.45) is 4.99 Å². The van der Waals surface area contributed by atoms with Gasteiger partial charge >= 0.3 is 0 Å². The zero-order chi connectivity index (χ0) is 19.2. The number of benzene rings is 3. The lowest BCUT2D eigenvalue weighted by atomic mass is 10.1. The van der Waals surface area contributed by atoms with Crippen LogP contribution in [-0.4, -0.2) is 22.5 Å². The van der Waals surface area contributed by atoms with E-state index in [0.717, 1.165) is 12.4 Å². The summed E-state index contributed by atoms with van der Waals surface area (Å²) in [4.78, 5) is 5.73. The summed E-state index contributed by atoms with van der Waals surface area (Å²) in [6.07, 6.45) is 2.13. The molecule has 0 bridgehead atoms. The predicted octanol–water partition coefficient (Wildman–Crippen LogP) is 6.19. The summed E-state index contributed by atoms with van der Waals surface area (Å²) in [7, 11) is 0.